The largest absolute Gasteiger partial charge is 0.464 e. The third-order valence-corrected chi connectivity index (χ3v) is 5.30. The molecule has 0 saturated heterocycles. The van der Waals surface area contributed by atoms with Gasteiger partial charge in [0.05, 0.1) is 28.5 Å². The van der Waals surface area contributed by atoms with Crippen molar-refractivity contribution >= 4 is 43.4 Å². The summed E-state index contributed by atoms with van der Waals surface area (Å²) in [6.07, 6.45) is 1.40. The number of aromatic nitrogens is 1. The monoisotopic (exact) mass is 337 g/mol. The van der Waals surface area contributed by atoms with E-state index >= 15 is 0 Å². The third kappa shape index (κ3) is 2.38. The smallest absolute Gasteiger partial charge is 0.355 e. The van der Waals surface area contributed by atoms with Gasteiger partial charge in [0.15, 0.2) is 0 Å². The van der Waals surface area contributed by atoms with E-state index in [1.807, 2.05) is 0 Å². The quantitative estimate of drug-likeness (QED) is 0.771. The normalized spacial score (nSPS) is 17.1. The second-order valence-electron chi connectivity index (χ2n) is 4.48. The van der Waals surface area contributed by atoms with Crippen molar-refractivity contribution in [1.29, 1.82) is 0 Å². The molecule has 0 unspecified atom stereocenters. The first-order valence-electron chi connectivity index (χ1n) is 6.15. The Morgan fingerprint density at radius 2 is 2.14 bits per heavy atom. The molecule has 0 amide bonds. The molecule has 0 atom stereocenters. The Labute approximate surface area is 130 Å². The van der Waals surface area contributed by atoms with Crippen molar-refractivity contribution in [2.75, 3.05) is 14.2 Å². The maximum absolute atomic E-state index is 12.1. The molecule has 7 nitrogen and oxygen atoms in total. The number of likely N-dealkylation sites (N-methyl/N-ethyl adjacent to an activating group) is 1. The molecule has 1 aliphatic heterocycles. The summed E-state index contributed by atoms with van der Waals surface area (Å²) in [5.41, 5.74) is 3.22. The highest BCUT2D eigenvalue weighted by Gasteiger charge is 2.30. The number of rotatable bonds is 2. The van der Waals surface area contributed by atoms with Crippen LogP contribution in [0.3, 0.4) is 0 Å². The Morgan fingerprint density at radius 3 is 2.86 bits per heavy atom. The predicted molar refractivity (Wildman–Crippen MR) is 82.9 cm³/mol. The summed E-state index contributed by atoms with van der Waals surface area (Å²) in [6, 6.07) is 5.28. The minimum atomic E-state index is -3.96. The first-order valence-corrected chi connectivity index (χ1v) is 8.42. The molecule has 0 bridgehead atoms. The van der Waals surface area contributed by atoms with Gasteiger partial charge in [-0.25, -0.2) is 14.1 Å². The molecule has 22 heavy (non-hydrogen) atoms. The summed E-state index contributed by atoms with van der Waals surface area (Å²) in [4.78, 5) is 15.9. The SMILES string of the molecule is COC(=O)C1=CC(c2ccc3ncsc3c2)=NS(=O)(=O)N1C. The van der Waals surface area contributed by atoms with Crippen LogP contribution in [0.4, 0.5) is 0 Å². The molecule has 0 radical (unpaired) electrons. The Kier molecular flexibility index (Phi) is 3.45. The van der Waals surface area contributed by atoms with Crippen molar-refractivity contribution in [3.8, 4) is 0 Å². The van der Waals surface area contributed by atoms with Crippen molar-refractivity contribution in [2.24, 2.45) is 4.40 Å². The molecule has 0 spiro atoms. The summed E-state index contributed by atoms with van der Waals surface area (Å²) in [7, 11) is -1.52. The molecular weight excluding hydrogens is 326 g/mol. The predicted octanol–water partition coefficient (Wildman–Crippen LogP) is 1.33. The van der Waals surface area contributed by atoms with E-state index in [1.165, 1.54) is 31.6 Å². The van der Waals surface area contributed by atoms with Crippen molar-refractivity contribution in [2.45, 2.75) is 0 Å². The van der Waals surface area contributed by atoms with E-state index < -0.39 is 16.2 Å². The van der Waals surface area contributed by atoms with E-state index in [-0.39, 0.29) is 11.4 Å². The van der Waals surface area contributed by atoms with Crippen LogP contribution in [-0.4, -0.2) is 43.5 Å². The summed E-state index contributed by atoms with van der Waals surface area (Å²) >= 11 is 1.44. The molecule has 1 aliphatic rings. The van der Waals surface area contributed by atoms with Crippen LogP contribution >= 0.6 is 11.3 Å². The Hall–Kier alpha value is -2.26. The second-order valence-corrected chi connectivity index (χ2v) is 6.99. The maximum Gasteiger partial charge on any atom is 0.355 e. The molecule has 1 aromatic heterocycles. The van der Waals surface area contributed by atoms with Gasteiger partial charge in [0.25, 0.3) is 0 Å². The molecule has 2 heterocycles. The van der Waals surface area contributed by atoms with Gasteiger partial charge in [-0.15, -0.1) is 15.7 Å². The van der Waals surface area contributed by atoms with Crippen LogP contribution in [-0.2, 0) is 19.7 Å². The van der Waals surface area contributed by atoms with E-state index in [0.717, 1.165) is 14.5 Å². The van der Waals surface area contributed by atoms with E-state index in [0.29, 0.717) is 5.56 Å². The summed E-state index contributed by atoms with van der Waals surface area (Å²) in [5, 5.41) is 0. The summed E-state index contributed by atoms with van der Waals surface area (Å²) in [5.74, 6) is -0.739. The lowest BCUT2D eigenvalue weighted by molar-refractivity contribution is -0.137. The number of allylic oxidation sites excluding steroid dienone is 1. The number of ether oxygens (including phenoxy) is 1. The lowest BCUT2D eigenvalue weighted by Gasteiger charge is -2.22. The fraction of sp³-hybridized carbons (Fsp3) is 0.154. The number of methoxy groups -OCH3 is 1. The van der Waals surface area contributed by atoms with Crippen molar-refractivity contribution < 1.29 is 17.9 Å². The average Bonchev–Trinajstić information content (AvgIpc) is 2.96. The Bertz CT molecular complexity index is 928. The Morgan fingerprint density at radius 1 is 1.36 bits per heavy atom. The van der Waals surface area contributed by atoms with Crippen molar-refractivity contribution in [1.82, 2.24) is 9.29 Å². The van der Waals surface area contributed by atoms with E-state index in [4.69, 9.17) is 0 Å². The highest BCUT2D eigenvalue weighted by atomic mass is 32.2. The molecule has 0 aliphatic carbocycles. The summed E-state index contributed by atoms with van der Waals surface area (Å²) in [6.45, 7) is 0. The average molecular weight is 337 g/mol. The van der Waals surface area contributed by atoms with Gasteiger partial charge in [0.2, 0.25) is 0 Å². The zero-order valence-corrected chi connectivity index (χ0v) is 13.3. The minimum Gasteiger partial charge on any atom is -0.464 e. The molecule has 3 rings (SSSR count). The van der Waals surface area contributed by atoms with E-state index in [1.54, 1.807) is 23.7 Å². The number of carbonyl (C=O) groups is 1. The zero-order chi connectivity index (χ0) is 15.9. The van der Waals surface area contributed by atoms with Gasteiger partial charge in [-0.3, -0.25) is 0 Å². The van der Waals surface area contributed by atoms with E-state index in [9.17, 15) is 13.2 Å². The lowest BCUT2D eigenvalue weighted by Crippen LogP contribution is -2.33. The van der Waals surface area contributed by atoms with Crippen LogP contribution in [0.25, 0.3) is 10.2 Å². The van der Waals surface area contributed by atoms with Crippen molar-refractivity contribution in [3.63, 3.8) is 0 Å². The van der Waals surface area contributed by atoms with Crippen LogP contribution in [0, 0.1) is 0 Å². The van der Waals surface area contributed by atoms with Crippen LogP contribution in [0.2, 0.25) is 0 Å². The fourth-order valence-corrected chi connectivity index (χ4v) is 3.62. The number of thiazole rings is 1. The number of fused-ring (bicyclic) bond motifs is 1. The zero-order valence-electron chi connectivity index (χ0n) is 11.7. The van der Waals surface area contributed by atoms with Crippen LogP contribution in [0.1, 0.15) is 5.56 Å². The topological polar surface area (TPSA) is 88.9 Å². The number of benzene rings is 1. The molecule has 114 valence electrons. The third-order valence-electron chi connectivity index (χ3n) is 3.19. The van der Waals surface area contributed by atoms with Gasteiger partial charge in [-0.05, 0) is 18.2 Å². The standard InChI is InChI=1S/C13H11N3O4S2/c1-16-11(13(17)20-2)6-10(15-22(16,18)19)8-3-4-9-12(5-8)21-7-14-9/h3-7H,1-2H3. The molecule has 0 fully saturated rings. The first kappa shape index (κ1) is 14.7. The number of hydrogen-bond donors (Lipinski definition) is 0. The van der Waals surface area contributed by atoms with Crippen LogP contribution in [0.15, 0.2) is 39.9 Å². The van der Waals surface area contributed by atoms with Crippen LogP contribution in [0.5, 0.6) is 0 Å². The van der Waals surface area contributed by atoms with Gasteiger partial charge in [-0.1, -0.05) is 6.07 Å². The number of hydrogen-bond acceptors (Lipinski definition) is 6. The summed E-state index contributed by atoms with van der Waals surface area (Å²) < 4.78 is 34.2. The fourth-order valence-electron chi connectivity index (χ4n) is 2.00. The van der Waals surface area contributed by atoms with Crippen LogP contribution < -0.4 is 0 Å². The molecule has 9 heteroatoms. The molecule has 0 N–H and O–H groups in total. The lowest BCUT2D eigenvalue weighted by atomic mass is 10.1. The number of esters is 1. The first-order chi connectivity index (χ1) is 10.4. The van der Waals surface area contributed by atoms with Gasteiger partial charge in [0.1, 0.15) is 5.70 Å². The van der Waals surface area contributed by atoms with Gasteiger partial charge in [0, 0.05) is 12.6 Å². The molecule has 0 saturated carbocycles. The van der Waals surface area contributed by atoms with Gasteiger partial charge < -0.3 is 4.74 Å². The van der Waals surface area contributed by atoms with Gasteiger partial charge >= 0.3 is 16.2 Å². The number of carbonyl (C=O) groups excluding carboxylic acids is 1. The van der Waals surface area contributed by atoms with E-state index in [2.05, 4.69) is 14.1 Å². The Balaban J connectivity index is 2.15. The molecular formula is C13H11N3O4S2. The molecule has 2 aromatic rings. The molecule has 1 aromatic carbocycles. The highest BCUT2D eigenvalue weighted by molar-refractivity contribution is 7.88. The minimum absolute atomic E-state index is 0.0862. The van der Waals surface area contributed by atoms with Crippen molar-refractivity contribution in [3.05, 3.63) is 41.0 Å². The highest BCUT2D eigenvalue weighted by Crippen LogP contribution is 2.24. The number of nitrogens with zero attached hydrogens (tertiary/aromatic N) is 3. The maximum atomic E-state index is 12.1. The second kappa shape index (κ2) is 5.18. The van der Waals surface area contributed by atoms with Gasteiger partial charge in [-0.2, -0.15) is 8.42 Å².